The molecule has 1 aromatic heterocycles. The monoisotopic (exact) mass is 211 g/mol. The van der Waals surface area contributed by atoms with Gasteiger partial charge in [-0.3, -0.25) is 0 Å². The van der Waals surface area contributed by atoms with Gasteiger partial charge in [-0.1, -0.05) is 6.07 Å². The molecule has 0 aromatic carbocycles. The molecule has 14 heavy (non-hydrogen) atoms. The lowest BCUT2D eigenvalue weighted by molar-refractivity contribution is 0.0447. The third kappa shape index (κ3) is 2.56. The van der Waals surface area contributed by atoms with Gasteiger partial charge in [0, 0.05) is 30.2 Å². The second-order valence-corrected chi connectivity index (χ2v) is 5.14. The van der Waals surface area contributed by atoms with Gasteiger partial charge in [-0.25, -0.2) is 0 Å². The summed E-state index contributed by atoms with van der Waals surface area (Å²) in [4.78, 5) is 1.41. The average Bonchev–Trinajstić information content (AvgIpc) is 2.69. The highest BCUT2D eigenvalue weighted by atomic mass is 32.1. The van der Waals surface area contributed by atoms with Crippen LogP contribution in [0.2, 0.25) is 0 Å². The van der Waals surface area contributed by atoms with E-state index >= 15 is 0 Å². The first kappa shape index (κ1) is 10.1. The van der Waals surface area contributed by atoms with Crippen molar-refractivity contribution in [1.29, 1.82) is 0 Å². The van der Waals surface area contributed by atoms with E-state index in [-0.39, 0.29) is 5.54 Å². The van der Waals surface area contributed by atoms with Gasteiger partial charge in [0.1, 0.15) is 0 Å². The van der Waals surface area contributed by atoms with Gasteiger partial charge < -0.3 is 10.1 Å². The molecule has 2 nitrogen and oxygen atoms in total. The van der Waals surface area contributed by atoms with Crippen LogP contribution in [0.1, 0.15) is 24.6 Å². The Morgan fingerprint density at radius 1 is 1.50 bits per heavy atom. The van der Waals surface area contributed by atoms with Gasteiger partial charge in [-0.2, -0.15) is 0 Å². The van der Waals surface area contributed by atoms with Gasteiger partial charge in [-0.15, -0.1) is 11.3 Å². The van der Waals surface area contributed by atoms with Gasteiger partial charge in [0.05, 0.1) is 0 Å². The Kier molecular flexibility index (Phi) is 3.21. The minimum absolute atomic E-state index is 0.280. The van der Waals surface area contributed by atoms with E-state index < -0.39 is 0 Å². The Balaban J connectivity index is 1.84. The Morgan fingerprint density at radius 3 is 2.93 bits per heavy atom. The van der Waals surface area contributed by atoms with E-state index in [2.05, 4.69) is 29.8 Å². The summed E-state index contributed by atoms with van der Waals surface area (Å²) in [5, 5.41) is 5.76. The van der Waals surface area contributed by atoms with Crippen molar-refractivity contribution in [1.82, 2.24) is 5.32 Å². The molecule has 0 unspecified atom stereocenters. The van der Waals surface area contributed by atoms with Crippen molar-refractivity contribution in [3.05, 3.63) is 22.4 Å². The largest absolute Gasteiger partial charge is 0.381 e. The van der Waals surface area contributed by atoms with Gasteiger partial charge >= 0.3 is 0 Å². The molecule has 0 amide bonds. The van der Waals surface area contributed by atoms with Gasteiger partial charge in [-0.05, 0) is 31.2 Å². The quantitative estimate of drug-likeness (QED) is 0.829. The van der Waals surface area contributed by atoms with Gasteiger partial charge in [0.15, 0.2) is 0 Å². The summed E-state index contributed by atoms with van der Waals surface area (Å²) in [7, 11) is 0. The third-order valence-corrected chi connectivity index (χ3v) is 3.74. The van der Waals surface area contributed by atoms with E-state index in [1.807, 2.05) is 11.3 Å². The molecule has 1 aliphatic rings. The predicted molar refractivity (Wildman–Crippen MR) is 59.6 cm³/mol. The van der Waals surface area contributed by atoms with Crippen LogP contribution in [-0.2, 0) is 11.3 Å². The highest BCUT2D eigenvalue weighted by molar-refractivity contribution is 7.09. The van der Waals surface area contributed by atoms with Crippen molar-refractivity contribution in [3.63, 3.8) is 0 Å². The number of thiophene rings is 1. The van der Waals surface area contributed by atoms with Crippen molar-refractivity contribution < 1.29 is 4.74 Å². The van der Waals surface area contributed by atoms with Crippen molar-refractivity contribution in [2.45, 2.75) is 31.8 Å². The molecule has 0 spiro atoms. The van der Waals surface area contributed by atoms with Gasteiger partial charge in [0.2, 0.25) is 0 Å². The first-order valence-corrected chi connectivity index (χ1v) is 6.02. The van der Waals surface area contributed by atoms with Crippen LogP contribution < -0.4 is 5.32 Å². The molecule has 1 saturated heterocycles. The second-order valence-electron chi connectivity index (χ2n) is 4.11. The molecule has 1 aliphatic heterocycles. The lowest BCUT2D eigenvalue weighted by atomic mass is 9.92. The van der Waals surface area contributed by atoms with Gasteiger partial charge in [0.25, 0.3) is 0 Å². The summed E-state index contributed by atoms with van der Waals surface area (Å²) in [5.41, 5.74) is 0.280. The summed E-state index contributed by atoms with van der Waals surface area (Å²) >= 11 is 1.82. The molecule has 3 heteroatoms. The standard InChI is InChI=1S/C11H17NOS/c1-11(4-6-13-7-5-11)12-9-10-3-2-8-14-10/h2-3,8,12H,4-7,9H2,1H3. The van der Waals surface area contributed by atoms with Crippen molar-refractivity contribution in [2.75, 3.05) is 13.2 Å². The number of nitrogens with one attached hydrogen (secondary N) is 1. The zero-order valence-corrected chi connectivity index (χ0v) is 9.40. The van der Waals surface area contributed by atoms with Crippen molar-refractivity contribution >= 4 is 11.3 Å². The first-order valence-electron chi connectivity index (χ1n) is 5.14. The molecular formula is C11H17NOS. The number of ether oxygens (including phenoxy) is 1. The molecule has 1 N–H and O–H groups in total. The Labute approximate surface area is 89.3 Å². The SMILES string of the molecule is CC1(NCc2cccs2)CCOCC1. The maximum Gasteiger partial charge on any atom is 0.0483 e. The lowest BCUT2D eigenvalue weighted by Crippen LogP contribution is -2.46. The Bertz CT molecular complexity index is 265. The van der Waals surface area contributed by atoms with Crippen LogP contribution in [0.3, 0.4) is 0 Å². The lowest BCUT2D eigenvalue weighted by Gasteiger charge is -2.34. The summed E-state index contributed by atoms with van der Waals surface area (Å²) in [6.45, 7) is 5.08. The molecule has 0 radical (unpaired) electrons. The molecule has 0 aliphatic carbocycles. The average molecular weight is 211 g/mol. The second kappa shape index (κ2) is 4.43. The fourth-order valence-electron chi connectivity index (χ4n) is 1.71. The van der Waals surface area contributed by atoms with E-state index in [0.29, 0.717) is 0 Å². The summed E-state index contributed by atoms with van der Waals surface area (Å²) < 4.78 is 5.36. The number of hydrogen-bond donors (Lipinski definition) is 1. The highest BCUT2D eigenvalue weighted by Gasteiger charge is 2.26. The zero-order valence-electron chi connectivity index (χ0n) is 8.58. The fourth-order valence-corrected chi connectivity index (χ4v) is 2.36. The van der Waals surface area contributed by atoms with E-state index in [9.17, 15) is 0 Å². The van der Waals surface area contributed by atoms with E-state index in [0.717, 1.165) is 32.6 Å². The van der Waals surface area contributed by atoms with Crippen LogP contribution >= 0.6 is 11.3 Å². The molecule has 0 bridgehead atoms. The minimum atomic E-state index is 0.280. The number of rotatable bonds is 3. The Morgan fingerprint density at radius 2 is 2.29 bits per heavy atom. The van der Waals surface area contributed by atoms with Crippen molar-refractivity contribution in [3.8, 4) is 0 Å². The van der Waals surface area contributed by atoms with Crippen LogP contribution in [0.25, 0.3) is 0 Å². The summed E-state index contributed by atoms with van der Waals surface area (Å²) in [6, 6.07) is 4.29. The molecule has 1 aromatic rings. The van der Waals surface area contributed by atoms with Crippen LogP contribution in [0, 0.1) is 0 Å². The van der Waals surface area contributed by atoms with Crippen molar-refractivity contribution in [2.24, 2.45) is 0 Å². The zero-order chi connectivity index (χ0) is 9.86. The molecular weight excluding hydrogens is 194 g/mol. The molecule has 2 heterocycles. The smallest absolute Gasteiger partial charge is 0.0483 e. The molecule has 0 saturated carbocycles. The predicted octanol–water partition coefficient (Wildman–Crippen LogP) is 2.41. The summed E-state index contributed by atoms with van der Waals surface area (Å²) in [6.07, 6.45) is 2.25. The van der Waals surface area contributed by atoms with E-state index in [1.54, 1.807) is 0 Å². The molecule has 1 fully saturated rings. The van der Waals surface area contributed by atoms with Crippen LogP contribution in [-0.4, -0.2) is 18.8 Å². The Hall–Kier alpha value is -0.380. The topological polar surface area (TPSA) is 21.3 Å². The molecule has 78 valence electrons. The molecule has 2 rings (SSSR count). The number of hydrogen-bond acceptors (Lipinski definition) is 3. The minimum Gasteiger partial charge on any atom is -0.381 e. The first-order chi connectivity index (χ1) is 6.79. The maximum atomic E-state index is 5.36. The molecule has 0 atom stereocenters. The fraction of sp³-hybridized carbons (Fsp3) is 0.636. The third-order valence-electron chi connectivity index (χ3n) is 2.87. The highest BCUT2D eigenvalue weighted by Crippen LogP contribution is 2.20. The van der Waals surface area contributed by atoms with Crippen LogP contribution in [0.5, 0.6) is 0 Å². The van der Waals surface area contributed by atoms with Crippen LogP contribution in [0.15, 0.2) is 17.5 Å². The maximum absolute atomic E-state index is 5.36. The normalized spacial score (nSPS) is 20.9. The summed E-state index contributed by atoms with van der Waals surface area (Å²) in [5.74, 6) is 0. The van der Waals surface area contributed by atoms with E-state index in [1.165, 1.54) is 4.88 Å². The van der Waals surface area contributed by atoms with Crippen LogP contribution in [0.4, 0.5) is 0 Å². The van der Waals surface area contributed by atoms with E-state index in [4.69, 9.17) is 4.74 Å².